The van der Waals surface area contributed by atoms with Gasteiger partial charge in [-0.15, -0.1) is 5.10 Å². The Morgan fingerprint density at radius 3 is 2.67 bits per heavy atom. The molecular formula is C29H28ClF2N9O5. The first-order chi connectivity index (χ1) is 21.9. The van der Waals surface area contributed by atoms with Crippen molar-refractivity contribution in [1.29, 1.82) is 0 Å². The van der Waals surface area contributed by atoms with Crippen LogP contribution in [0, 0.1) is 5.92 Å². The Morgan fingerprint density at radius 1 is 1.22 bits per heavy atom. The number of aromatic amines is 1. The molecule has 1 saturated heterocycles. The molecule has 2 atom stereocenters. The topological polar surface area (TPSA) is 177 Å². The van der Waals surface area contributed by atoms with E-state index in [0.717, 1.165) is 4.90 Å². The molecule has 5 rings (SSSR count). The number of amides is 3. The number of likely N-dealkylation sites (tertiary alicyclic amines) is 1. The highest BCUT2D eigenvalue weighted by Crippen LogP contribution is 2.53. The number of nitrogens with one attached hydrogen (secondary N) is 3. The molecule has 0 spiro atoms. The molecule has 1 aliphatic carbocycles. The van der Waals surface area contributed by atoms with Crippen LogP contribution < -0.4 is 16.2 Å². The molecule has 17 heteroatoms. The maximum absolute atomic E-state index is 13.6. The minimum atomic E-state index is -2.97. The van der Waals surface area contributed by atoms with Crippen LogP contribution in [0.25, 0.3) is 11.8 Å². The zero-order chi connectivity index (χ0) is 33.1. The van der Waals surface area contributed by atoms with Crippen molar-refractivity contribution in [3.05, 3.63) is 92.8 Å². The molecule has 3 heterocycles. The second-order valence-electron chi connectivity index (χ2n) is 10.6. The van der Waals surface area contributed by atoms with Gasteiger partial charge in [0.2, 0.25) is 11.8 Å². The second kappa shape index (κ2) is 13.0. The summed E-state index contributed by atoms with van der Waals surface area (Å²) in [4.78, 5) is 51.7. The first-order valence-corrected chi connectivity index (χ1v) is 14.3. The number of carbonyl (C=O) groups is 3. The van der Waals surface area contributed by atoms with Gasteiger partial charge in [-0.05, 0) is 66.6 Å². The minimum Gasteiger partial charge on any atom is -0.453 e. The van der Waals surface area contributed by atoms with Crippen molar-refractivity contribution in [1.82, 2.24) is 45.9 Å². The lowest BCUT2D eigenvalue weighted by Gasteiger charge is -2.39. The molecular weight excluding hydrogens is 628 g/mol. The van der Waals surface area contributed by atoms with Crippen LogP contribution in [0.2, 0.25) is 5.02 Å². The molecule has 3 N–H and O–H groups in total. The molecule has 2 aliphatic rings. The summed E-state index contributed by atoms with van der Waals surface area (Å²) in [6, 6.07) is 6.37. The zero-order valence-corrected chi connectivity index (χ0v) is 25.3. The fourth-order valence-corrected chi connectivity index (χ4v) is 5.20. The summed E-state index contributed by atoms with van der Waals surface area (Å²) in [5, 5.41) is 23.4. The van der Waals surface area contributed by atoms with E-state index in [1.54, 1.807) is 43.4 Å². The highest BCUT2D eigenvalue weighted by Gasteiger charge is 2.64. The lowest BCUT2D eigenvalue weighted by Crippen LogP contribution is -2.59. The first-order valence-electron chi connectivity index (χ1n) is 13.9. The third-order valence-corrected chi connectivity index (χ3v) is 7.71. The van der Waals surface area contributed by atoms with Crippen LogP contribution in [0.15, 0.2) is 65.4 Å². The monoisotopic (exact) mass is 655 g/mol. The van der Waals surface area contributed by atoms with Gasteiger partial charge in [-0.25, -0.2) is 18.7 Å². The quantitative estimate of drug-likeness (QED) is 0.218. The van der Waals surface area contributed by atoms with Crippen molar-refractivity contribution >= 4 is 35.6 Å². The molecule has 2 aromatic heterocycles. The van der Waals surface area contributed by atoms with Crippen LogP contribution in [-0.2, 0) is 26.3 Å². The average Bonchev–Trinajstić information content (AvgIpc) is 3.47. The Labute approximate surface area is 265 Å². The number of halogens is 3. The largest absolute Gasteiger partial charge is 0.453 e. The highest BCUT2D eigenvalue weighted by atomic mass is 35.5. The van der Waals surface area contributed by atoms with Gasteiger partial charge in [0.25, 0.3) is 11.5 Å². The van der Waals surface area contributed by atoms with Gasteiger partial charge < -0.3 is 15.0 Å². The molecule has 3 aromatic rings. The number of alkyl carbamates (subject to hydrolysis) is 1. The Kier molecular flexibility index (Phi) is 9.09. The van der Waals surface area contributed by atoms with Crippen LogP contribution in [0.5, 0.6) is 0 Å². The van der Waals surface area contributed by atoms with Crippen LogP contribution in [-0.4, -0.2) is 79.3 Å². The predicted octanol–water partition coefficient (Wildman–Crippen LogP) is 2.28. The Hall–Kier alpha value is -5.25. The van der Waals surface area contributed by atoms with Gasteiger partial charge in [-0.3, -0.25) is 19.7 Å². The molecule has 2 fully saturated rings. The van der Waals surface area contributed by atoms with E-state index >= 15 is 0 Å². The number of hydrogen-bond donors (Lipinski definition) is 3. The highest BCUT2D eigenvalue weighted by molar-refractivity contribution is 6.30. The lowest BCUT2D eigenvalue weighted by molar-refractivity contribution is -0.167. The Bertz CT molecular complexity index is 1800. The minimum absolute atomic E-state index is 0.0701. The standard InChI is InChI=1S/C29H28ClF2N9O5/c1-3-20(34-27(45)46-2)6-4-5-18-12-23(36-37-25(18)43)29(13-21(29)26(44)40-14-28(31,32)15-40)35-24(42)10-7-17-11-19(30)8-9-22(17)41-16-33-38-39-41/h3-4,6-12,16,21H,5,13-15H2,1-2H3,(H,34,45)(H,35,42)(H,37,43)/b6-4-,10-7+,20-3+/t21-,29?/m0/s1. The summed E-state index contributed by atoms with van der Waals surface area (Å²) in [6.07, 6.45) is 8.41. The van der Waals surface area contributed by atoms with Gasteiger partial charge in [0.05, 0.1) is 43.0 Å². The number of benzene rings is 1. The SMILES string of the molecule is C/C=C(\C=C/Cc1cc(C2(NC(=O)/C=C/c3cc(Cl)ccc3-n3cnnn3)C[C@H]2C(=O)N2CC(F)(F)C2)n[nH]c1=O)NC(=O)OC. The average molecular weight is 656 g/mol. The maximum atomic E-state index is 13.6. The second-order valence-corrected chi connectivity index (χ2v) is 11.1. The number of H-pyrrole nitrogens is 1. The molecule has 1 saturated carbocycles. The van der Waals surface area contributed by atoms with Gasteiger partial charge in [-0.1, -0.05) is 23.8 Å². The number of alkyl halides is 2. The predicted molar refractivity (Wildman–Crippen MR) is 160 cm³/mol. The smallest absolute Gasteiger partial charge is 0.411 e. The summed E-state index contributed by atoms with van der Waals surface area (Å²) in [5.74, 6) is -5.05. The van der Waals surface area contributed by atoms with Crippen molar-refractivity contribution in [3.8, 4) is 5.69 Å². The number of allylic oxidation sites excluding steroid dienone is 3. The van der Waals surface area contributed by atoms with Gasteiger partial charge in [-0.2, -0.15) is 9.78 Å². The van der Waals surface area contributed by atoms with E-state index in [0.29, 0.717) is 22.0 Å². The summed E-state index contributed by atoms with van der Waals surface area (Å²) in [5.41, 5.74) is 0.00858. The van der Waals surface area contributed by atoms with Gasteiger partial charge >= 0.3 is 6.09 Å². The van der Waals surface area contributed by atoms with E-state index < -0.39 is 53.9 Å². The Morgan fingerprint density at radius 2 is 2.00 bits per heavy atom. The maximum Gasteiger partial charge on any atom is 0.411 e. The fraction of sp³-hybridized carbons (Fsp3) is 0.310. The lowest BCUT2D eigenvalue weighted by atomic mass is 10.0. The van der Waals surface area contributed by atoms with E-state index in [-0.39, 0.29) is 24.1 Å². The number of rotatable bonds is 10. The first kappa shape index (κ1) is 32.2. The number of aromatic nitrogens is 6. The van der Waals surface area contributed by atoms with Crippen molar-refractivity contribution < 1.29 is 27.9 Å². The van der Waals surface area contributed by atoms with Crippen LogP contribution in [0.1, 0.15) is 30.2 Å². The van der Waals surface area contributed by atoms with E-state index in [1.165, 1.54) is 36.3 Å². The van der Waals surface area contributed by atoms with Crippen LogP contribution >= 0.6 is 11.6 Å². The fourth-order valence-electron chi connectivity index (χ4n) is 5.02. The number of nitrogens with zero attached hydrogens (tertiary/aromatic N) is 6. The van der Waals surface area contributed by atoms with Crippen molar-refractivity contribution in [2.75, 3.05) is 20.2 Å². The number of hydrogen-bond acceptors (Lipinski definition) is 9. The number of methoxy groups -OCH3 is 1. The van der Waals surface area contributed by atoms with Crippen molar-refractivity contribution in [2.24, 2.45) is 5.92 Å². The summed E-state index contributed by atoms with van der Waals surface area (Å²) in [6.45, 7) is 0.261. The van der Waals surface area contributed by atoms with Crippen LogP contribution in [0.4, 0.5) is 13.6 Å². The molecule has 1 aliphatic heterocycles. The van der Waals surface area contributed by atoms with E-state index in [9.17, 15) is 28.0 Å². The normalized spacial score (nSPS) is 20.4. The number of ether oxygens (including phenoxy) is 1. The third kappa shape index (κ3) is 7.01. The number of carbonyl (C=O) groups excluding carboxylic acids is 3. The molecule has 0 bridgehead atoms. The molecule has 1 aromatic carbocycles. The van der Waals surface area contributed by atoms with Gasteiger partial charge in [0.1, 0.15) is 6.33 Å². The summed E-state index contributed by atoms with van der Waals surface area (Å²) >= 11 is 6.17. The summed E-state index contributed by atoms with van der Waals surface area (Å²) < 4.78 is 33.1. The van der Waals surface area contributed by atoms with Crippen molar-refractivity contribution in [3.63, 3.8) is 0 Å². The van der Waals surface area contributed by atoms with E-state index in [2.05, 4.69) is 41.1 Å². The summed E-state index contributed by atoms with van der Waals surface area (Å²) in [7, 11) is 1.23. The zero-order valence-electron chi connectivity index (χ0n) is 24.5. The van der Waals surface area contributed by atoms with Gasteiger partial charge in [0, 0.05) is 27.9 Å². The molecule has 1 unspecified atom stereocenters. The molecule has 3 amide bonds. The Balaban J connectivity index is 1.40. The van der Waals surface area contributed by atoms with Gasteiger partial charge in [0.15, 0.2) is 0 Å². The van der Waals surface area contributed by atoms with Crippen molar-refractivity contribution in [2.45, 2.75) is 31.2 Å². The molecule has 0 radical (unpaired) electrons. The molecule has 46 heavy (non-hydrogen) atoms. The van der Waals surface area contributed by atoms with E-state index in [4.69, 9.17) is 11.6 Å². The molecule has 14 nitrogen and oxygen atoms in total. The number of tetrazole rings is 1. The molecule has 240 valence electrons. The van der Waals surface area contributed by atoms with E-state index in [1.807, 2.05) is 0 Å². The van der Waals surface area contributed by atoms with Crippen LogP contribution in [0.3, 0.4) is 0 Å². The third-order valence-electron chi connectivity index (χ3n) is 7.48.